The SMILES string of the molecule is COc1cccc(NC(=O)N2CCC3(C2)CN(c2ccsc2)C(=O)CN3C)c1.O=C(O)C(F)(F)F. The van der Waals surface area contributed by atoms with Crippen LogP contribution in [0.5, 0.6) is 5.75 Å². The van der Waals surface area contributed by atoms with Gasteiger partial charge in [0.15, 0.2) is 0 Å². The Balaban J connectivity index is 0.000000429. The van der Waals surface area contributed by atoms with Crippen molar-refractivity contribution in [3.8, 4) is 5.75 Å². The van der Waals surface area contributed by atoms with Crippen molar-refractivity contribution in [2.45, 2.75) is 18.1 Å². The minimum absolute atomic E-state index is 0.103. The van der Waals surface area contributed by atoms with Crippen LogP contribution in [0.1, 0.15) is 6.42 Å². The number of nitrogens with zero attached hydrogens (tertiary/aromatic N) is 3. The Kier molecular flexibility index (Phi) is 7.90. The van der Waals surface area contributed by atoms with Gasteiger partial charge >= 0.3 is 18.2 Å². The number of likely N-dealkylation sites (N-methyl/N-ethyl adjacent to an activating group) is 1. The van der Waals surface area contributed by atoms with E-state index in [1.54, 1.807) is 24.5 Å². The van der Waals surface area contributed by atoms with Crippen LogP contribution in [0.15, 0.2) is 41.1 Å². The summed E-state index contributed by atoms with van der Waals surface area (Å²) >= 11 is 1.58. The van der Waals surface area contributed by atoms with E-state index in [2.05, 4.69) is 10.2 Å². The second-order valence-corrected chi connectivity index (χ2v) is 8.96. The molecule has 1 aromatic heterocycles. The zero-order valence-corrected chi connectivity index (χ0v) is 19.9. The van der Waals surface area contributed by atoms with Crippen molar-refractivity contribution < 1.29 is 37.4 Å². The fourth-order valence-corrected chi connectivity index (χ4v) is 4.62. The Bertz CT molecular complexity index is 1070. The summed E-state index contributed by atoms with van der Waals surface area (Å²) in [5.74, 6) is -1.95. The lowest BCUT2D eigenvalue weighted by Crippen LogP contribution is -2.64. The average molecular weight is 515 g/mol. The summed E-state index contributed by atoms with van der Waals surface area (Å²) in [6, 6.07) is 9.18. The number of carboxylic acids is 1. The summed E-state index contributed by atoms with van der Waals surface area (Å²) in [4.78, 5) is 40.0. The Morgan fingerprint density at radius 2 is 1.94 bits per heavy atom. The van der Waals surface area contributed by atoms with Crippen LogP contribution in [-0.4, -0.2) is 84.9 Å². The number of benzene rings is 1. The number of carboxylic acid groups (broad SMARTS) is 1. The smallest absolute Gasteiger partial charge is 0.490 e. The molecule has 2 saturated heterocycles. The molecule has 0 bridgehead atoms. The highest BCUT2D eigenvalue weighted by Crippen LogP contribution is 2.34. The Labute approximate surface area is 203 Å². The number of carbonyl (C=O) groups excluding carboxylic acids is 2. The number of alkyl halides is 3. The number of hydrogen-bond acceptors (Lipinski definition) is 6. The van der Waals surface area contributed by atoms with E-state index in [-0.39, 0.29) is 17.5 Å². The molecule has 2 N–H and O–H groups in total. The third-order valence-electron chi connectivity index (χ3n) is 5.94. The predicted octanol–water partition coefficient (Wildman–Crippen LogP) is 3.35. The molecular formula is C22H25F3N4O5S. The molecule has 1 spiro atoms. The van der Waals surface area contributed by atoms with Gasteiger partial charge in [-0.15, -0.1) is 0 Å². The van der Waals surface area contributed by atoms with Crippen molar-refractivity contribution >= 4 is 40.6 Å². The van der Waals surface area contributed by atoms with Crippen LogP contribution < -0.4 is 15.0 Å². The quantitative estimate of drug-likeness (QED) is 0.652. The maximum absolute atomic E-state index is 12.8. The normalized spacial score (nSPS) is 20.4. The van der Waals surface area contributed by atoms with Crippen LogP contribution in [0.3, 0.4) is 0 Å². The lowest BCUT2D eigenvalue weighted by atomic mass is 9.93. The van der Waals surface area contributed by atoms with Gasteiger partial charge in [0.05, 0.1) is 24.9 Å². The number of anilines is 2. The van der Waals surface area contributed by atoms with Crippen LogP contribution in [0.25, 0.3) is 0 Å². The van der Waals surface area contributed by atoms with Crippen LogP contribution in [0.4, 0.5) is 29.3 Å². The van der Waals surface area contributed by atoms with Gasteiger partial charge in [0.25, 0.3) is 0 Å². The number of rotatable bonds is 3. The number of urea groups is 1. The standard InChI is InChI=1S/C20H24N4O3S.C2HF3O2/c1-22-11-18(25)24(16-6-9-28-12-16)14-20(22)7-8-23(13-20)19(26)21-15-4-3-5-17(10-15)27-2;3-2(4,5)1(6)7/h3-6,9-10,12H,7-8,11,13-14H2,1-2H3,(H,21,26);(H,6,7). The lowest BCUT2D eigenvalue weighted by molar-refractivity contribution is -0.192. The van der Waals surface area contributed by atoms with E-state index < -0.39 is 12.1 Å². The van der Waals surface area contributed by atoms with Crippen molar-refractivity contribution in [2.24, 2.45) is 0 Å². The maximum atomic E-state index is 12.8. The molecule has 4 rings (SSSR count). The van der Waals surface area contributed by atoms with E-state index >= 15 is 0 Å². The van der Waals surface area contributed by atoms with E-state index in [9.17, 15) is 22.8 Å². The Morgan fingerprint density at radius 1 is 1.23 bits per heavy atom. The second kappa shape index (κ2) is 10.5. The molecule has 3 heterocycles. The van der Waals surface area contributed by atoms with Crippen molar-refractivity contribution in [3.05, 3.63) is 41.1 Å². The number of halogens is 3. The molecule has 35 heavy (non-hydrogen) atoms. The number of methoxy groups -OCH3 is 1. The van der Waals surface area contributed by atoms with Crippen LogP contribution in [-0.2, 0) is 9.59 Å². The summed E-state index contributed by atoms with van der Waals surface area (Å²) in [6.07, 6.45) is -4.25. The minimum Gasteiger partial charge on any atom is -0.497 e. The van der Waals surface area contributed by atoms with Crippen molar-refractivity contribution in [3.63, 3.8) is 0 Å². The monoisotopic (exact) mass is 514 g/mol. The van der Waals surface area contributed by atoms with Crippen molar-refractivity contribution in [1.29, 1.82) is 0 Å². The highest BCUT2D eigenvalue weighted by atomic mass is 32.1. The summed E-state index contributed by atoms with van der Waals surface area (Å²) in [7, 11) is 3.58. The van der Waals surface area contributed by atoms with Gasteiger partial charge in [0.2, 0.25) is 5.91 Å². The van der Waals surface area contributed by atoms with E-state index in [0.717, 1.165) is 12.1 Å². The molecule has 3 amide bonds. The molecule has 2 fully saturated rings. The van der Waals surface area contributed by atoms with Gasteiger partial charge in [-0.2, -0.15) is 24.5 Å². The number of carbonyl (C=O) groups is 3. The molecule has 13 heteroatoms. The molecule has 0 radical (unpaired) electrons. The van der Waals surface area contributed by atoms with Crippen LogP contribution >= 0.6 is 11.3 Å². The van der Waals surface area contributed by atoms with E-state index in [1.807, 2.05) is 51.9 Å². The largest absolute Gasteiger partial charge is 0.497 e. The summed E-state index contributed by atoms with van der Waals surface area (Å²) in [6.45, 7) is 2.21. The summed E-state index contributed by atoms with van der Waals surface area (Å²) in [5.41, 5.74) is 1.43. The number of nitrogens with one attached hydrogen (secondary N) is 1. The predicted molar refractivity (Wildman–Crippen MR) is 124 cm³/mol. The molecule has 1 aromatic carbocycles. The van der Waals surface area contributed by atoms with Gasteiger partial charge < -0.3 is 25.0 Å². The molecule has 1 unspecified atom stereocenters. The van der Waals surface area contributed by atoms with E-state index in [4.69, 9.17) is 14.6 Å². The average Bonchev–Trinajstić information content (AvgIpc) is 3.47. The van der Waals surface area contributed by atoms with Crippen molar-refractivity contribution in [2.75, 3.05) is 50.6 Å². The molecule has 0 aliphatic carbocycles. The van der Waals surface area contributed by atoms with Gasteiger partial charge in [-0.25, -0.2) is 9.59 Å². The van der Waals surface area contributed by atoms with Gasteiger partial charge in [-0.05, 0) is 37.0 Å². The molecule has 2 aromatic rings. The Hall–Kier alpha value is -3.32. The highest BCUT2D eigenvalue weighted by molar-refractivity contribution is 7.08. The third-order valence-corrected chi connectivity index (χ3v) is 6.61. The number of hydrogen-bond donors (Lipinski definition) is 2. The van der Waals surface area contributed by atoms with Crippen LogP contribution in [0.2, 0.25) is 0 Å². The third kappa shape index (κ3) is 6.22. The fraction of sp³-hybridized carbons (Fsp3) is 0.409. The number of aliphatic carboxylic acids is 1. The number of likely N-dealkylation sites (tertiary alicyclic amines) is 1. The fourth-order valence-electron chi connectivity index (χ4n) is 3.98. The first-order valence-electron chi connectivity index (χ1n) is 10.5. The van der Waals surface area contributed by atoms with E-state index in [0.29, 0.717) is 37.6 Å². The molecule has 9 nitrogen and oxygen atoms in total. The summed E-state index contributed by atoms with van der Waals surface area (Å²) < 4.78 is 37.0. The van der Waals surface area contributed by atoms with Crippen LogP contribution in [0, 0.1) is 0 Å². The molecular weight excluding hydrogens is 489 g/mol. The van der Waals surface area contributed by atoms with Gasteiger partial charge in [-0.3, -0.25) is 9.69 Å². The van der Waals surface area contributed by atoms with Gasteiger partial charge in [-0.1, -0.05) is 6.07 Å². The first-order valence-corrected chi connectivity index (χ1v) is 11.4. The maximum Gasteiger partial charge on any atom is 0.490 e. The van der Waals surface area contributed by atoms with Crippen molar-refractivity contribution in [1.82, 2.24) is 9.80 Å². The zero-order valence-electron chi connectivity index (χ0n) is 19.0. The number of piperazine rings is 1. The molecule has 2 aliphatic rings. The number of amides is 3. The summed E-state index contributed by atoms with van der Waals surface area (Å²) in [5, 5.41) is 14.1. The van der Waals surface area contributed by atoms with Gasteiger partial charge in [0, 0.05) is 36.8 Å². The number of ether oxygens (including phenoxy) is 1. The number of thiophene rings is 1. The van der Waals surface area contributed by atoms with Gasteiger partial charge in [0.1, 0.15) is 5.75 Å². The Morgan fingerprint density at radius 3 is 2.54 bits per heavy atom. The first kappa shape index (κ1) is 26.3. The first-order chi connectivity index (χ1) is 16.4. The topological polar surface area (TPSA) is 102 Å². The molecule has 2 aliphatic heterocycles. The molecule has 1 atom stereocenters. The molecule has 190 valence electrons. The second-order valence-electron chi connectivity index (χ2n) is 8.18. The highest BCUT2D eigenvalue weighted by Gasteiger charge is 2.48. The molecule has 0 saturated carbocycles. The zero-order chi connectivity index (χ0) is 25.8. The lowest BCUT2D eigenvalue weighted by Gasteiger charge is -2.46. The minimum atomic E-state index is -5.08. The van der Waals surface area contributed by atoms with E-state index in [1.165, 1.54) is 0 Å².